The Labute approximate surface area is 98.8 Å². The van der Waals surface area contributed by atoms with Gasteiger partial charge in [-0.1, -0.05) is 25.7 Å². The third kappa shape index (κ3) is 3.67. The van der Waals surface area contributed by atoms with Crippen molar-refractivity contribution in [2.75, 3.05) is 11.5 Å². The molecule has 1 saturated carbocycles. The van der Waals surface area contributed by atoms with Gasteiger partial charge in [-0.25, -0.2) is 0 Å². The quantitative estimate of drug-likeness (QED) is 0.741. The largest absolute Gasteiger partial charge is 0.310 e. The van der Waals surface area contributed by atoms with E-state index < -0.39 is 0 Å². The molecule has 1 nitrogen and oxygen atoms in total. The minimum Gasteiger partial charge on any atom is -0.310 e. The van der Waals surface area contributed by atoms with E-state index in [2.05, 4.69) is 24.0 Å². The van der Waals surface area contributed by atoms with E-state index in [9.17, 15) is 0 Å². The van der Waals surface area contributed by atoms with Crippen LogP contribution in [0.3, 0.4) is 0 Å². The maximum Gasteiger partial charge on any atom is 0.0168 e. The summed E-state index contributed by atoms with van der Waals surface area (Å²) in [6.07, 6.45) is 10.2. The van der Waals surface area contributed by atoms with E-state index in [1.807, 2.05) is 0 Å². The number of rotatable bonds is 3. The van der Waals surface area contributed by atoms with Crippen LogP contribution in [0.25, 0.3) is 0 Å². The number of hydrogen-bond donors (Lipinski definition) is 1. The Kier molecular flexibility index (Phi) is 4.83. The fourth-order valence-corrected chi connectivity index (χ4v) is 4.15. The smallest absolute Gasteiger partial charge is 0.0168 e. The molecule has 0 amide bonds. The fraction of sp³-hybridized carbons (Fsp3) is 1.00. The van der Waals surface area contributed by atoms with Crippen molar-refractivity contribution in [3.63, 3.8) is 0 Å². The van der Waals surface area contributed by atoms with Crippen molar-refractivity contribution >= 4 is 11.8 Å². The zero-order valence-corrected chi connectivity index (χ0v) is 10.8. The van der Waals surface area contributed by atoms with Crippen LogP contribution < -0.4 is 5.32 Å². The maximum absolute atomic E-state index is 3.86. The zero-order chi connectivity index (χ0) is 10.5. The average molecular weight is 227 g/mol. The molecule has 2 heteroatoms. The first-order valence-electron chi connectivity index (χ1n) is 6.70. The van der Waals surface area contributed by atoms with E-state index in [0.29, 0.717) is 0 Å². The summed E-state index contributed by atoms with van der Waals surface area (Å²) in [5.41, 5.74) is 0. The van der Waals surface area contributed by atoms with Crippen LogP contribution in [0.1, 0.15) is 51.9 Å². The zero-order valence-electron chi connectivity index (χ0n) is 10.0. The van der Waals surface area contributed by atoms with Gasteiger partial charge in [0.15, 0.2) is 0 Å². The molecular weight excluding hydrogens is 202 g/mol. The summed E-state index contributed by atoms with van der Waals surface area (Å²) < 4.78 is 0. The highest BCUT2D eigenvalue weighted by molar-refractivity contribution is 7.99. The van der Waals surface area contributed by atoms with E-state index in [-0.39, 0.29) is 0 Å². The fourth-order valence-electron chi connectivity index (χ4n) is 2.98. The van der Waals surface area contributed by atoms with Crippen LogP contribution in [-0.2, 0) is 0 Å². The van der Waals surface area contributed by atoms with Crippen molar-refractivity contribution in [3.8, 4) is 0 Å². The molecule has 2 atom stereocenters. The molecule has 15 heavy (non-hydrogen) atoms. The monoisotopic (exact) mass is 227 g/mol. The second kappa shape index (κ2) is 6.15. The number of nitrogens with one attached hydrogen (secondary N) is 1. The van der Waals surface area contributed by atoms with Crippen LogP contribution in [-0.4, -0.2) is 23.6 Å². The topological polar surface area (TPSA) is 12.0 Å². The van der Waals surface area contributed by atoms with Crippen molar-refractivity contribution in [1.29, 1.82) is 0 Å². The Hall–Kier alpha value is 0.310. The Balaban J connectivity index is 1.74. The molecule has 2 rings (SSSR count). The maximum atomic E-state index is 3.86. The summed E-state index contributed by atoms with van der Waals surface area (Å²) in [7, 11) is 0. The van der Waals surface area contributed by atoms with Gasteiger partial charge in [-0.05, 0) is 37.9 Å². The molecule has 2 aliphatic rings. The van der Waals surface area contributed by atoms with Crippen molar-refractivity contribution in [2.24, 2.45) is 5.92 Å². The summed E-state index contributed by atoms with van der Waals surface area (Å²) in [6.45, 7) is 2.42. The summed E-state index contributed by atoms with van der Waals surface area (Å²) in [5.74, 6) is 3.67. The van der Waals surface area contributed by atoms with Gasteiger partial charge in [0, 0.05) is 17.8 Å². The van der Waals surface area contributed by atoms with Crippen molar-refractivity contribution in [2.45, 2.75) is 64.0 Å². The van der Waals surface area contributed by atoms with Crippen LogP contribution in [0.15, 0.2) is 0 Å². The minimum absolute atomic E-state index is 0.756. The van der Waals surface area contributed by atoms with Gasteiger partial charge >= 0.3 is 0 Å². The van der Waals surface area contributed by atoms with E-state index in [1.54, 1.807) is 0 Å². The Bertz CT molecular complexity index is 169. The lowest BCUT2D eigenvalue weighted by atomic mass is 9.92. The lowest BCUT2D eigenvalue weighted by Crippen LogP contribution is -2.40. The first-order chi connectivity index (χ1) is 7.36. The van der Waals surface area contributed by atoms with Gasteiger partial charge in [-0.3, -0.25) is 0 Å². The molecule has 2 fully saturated rings. The molecule has 0 bridgehead atoms. The standard InChI is InChI=1S/C13H25NS/c1-11(14-13-8-9-15-10-13)12-6-4-2-3-5-7-12/h11-14H,2-10H2,1H3/t11-,13?/m0/s1. The van der Waals surface area contributed by atoms with Crippen LogP contribution in [0, 0.1) is 5.92 Å². The van der Waals surface area contributed by atoms with Gasteiger partial charge in [0.1, 0.15) is 0 Å². The van der Waals surface area contributed by atoms with Crippen molar-refractivity contribution in [3.05, 3.63) is 0 Å². The van der Waals surface area contributed by atoms with E-state index >= 15 is 0 Å². The second-order valence-electron chi connectivity index (χ2n) is 5.27. The predicted octanol–water partition coefficient (Wildman–Crippen LogP) is 3.44. The third-order valence-electron chi connectivity index (χ3n) is 4.04. The van der Waals surface area contributed by atoms with E-state index in [1.165, 1.54) is 56.5 Å². The molecule has 0 aromatic carbocycles. The number of thioether (sulfide) groups is 1. The number of hydrogen-bond acceptors (Lipinski definition) is 2. The van der Waals surface area contributed by atoms with E-state index in [4.69, 9.17) is 0 Å². The van der Waals surface area contributed by atoms with Gasteiger partial charge in [-0.2, -0.15) is 11.8 Å². The minimum atomic E-state index is 0.756. The first kappa shape index (κ1) is 11.8. The molecule has 0 aromatic rings. The molecule has 0 aromatic heterocycles. The molecule has 88 valence electrons. The SMILES string of the molecule is C[C@H](NC1CCSC1)C1CCCCCC1. The Morgan fingerprint density at radius 1 is 1.07 bits per heavy atom. The summed E-state index contributed by atoms with van der Waals surface area (Å²) >= 11 is 2.11. The third-order valence-corrected chi connectivity index (χ3v) is 5.20. The van der Waals surface area contributed by atoms with Gasteiger partial charge in [0.25, 0.3) is 0 Å². The summed E-state index contributed by atoms with van der Waals surface area (Å²) in [4.78, 5) is 0. The van der Waals surface area contributed by atoms with Gasteiger partial charge in [-0.15, -0.1) is 0 Å². The molecule has 1 heterocycles. The molecule has 1 unspecified atom stereocenters. The highest BCUT2D eigenvalue weighted by Gasteiger charge is 2.23. The Morgan fingerprint density at radius 2 is 1.80 bits per heavy atom. The van der Waals surface area contributed by atoms with Crippen LogP contribution in [0.4, 0.5) is 0 Å². The highest BCUT2D eigenvalue weighted by Crippen LogP contribution is 2.26. The molecule has 1 aliphatic heterocycles. The molecule has 1 N–H and O–H groups in total. The van der Waals surface area contributed by atoms with Crippen LogP contribution in [0.5, 0.6) is 0 Å². The van der Waals surface area contributed by atoms with Gasteiger partial charge < -0.3 is 5.32 Å². The van der Waals surface area contributed by atoms with Crippen LogP contribution in [0.2, 0.25) is 0 Å². The van der Waals surface area contributed by atoms with Crippen molar-refractivity contribution < 1.29 is 0 Å². The van der Waals surface area contributed by atoms with Gasteiger partial charge in [0.05, 0.1) is 0 Å². The highest BCUT2D eigenvalue weighted by atomic mass is 32.2. The average Bonchev–Trinajstić information content (AvgIpc) is 2.58. The second-order valence-corrected chi connectivity index (χ2v) is 6.42. The predicted molar refractivity (Wildman–Crippen MR) is 69.5 cm³/mol. The summed E-state index contributed by atoms with van der Waals surface area (Å²) in [5, 5.41) is 3.86. The summed E-state index contributed by atoms with van der Waals surface area (Å²) in [6, 6.07) is 1.57. The van der Waals surface area contributed by atoms with Crippen molar-refractivity contribution in [1.82, 2.24) is 5.32 Å². The Morgan fingerprint density at radius 3 is 2.40 bits per heavy atom. The molecule has 0 spiro atoms. The molecule has 0 radical (unpaired) electrons. The molecule has 1 aliphatic carbocycles. The van der Waals surface area contributed by atoms with Gasteiger partial charge in [0.2, 0.25) is 0 Å². The normalized spacial score (nSPS) is 31.4. The van der Waals surface area contributed by atoms with E-state index in [0.717, 1.165) is 18.0 Å². The van der Waals surface area contributed by atoms with Crippen LogP contribution >= 0.6 is 11.8 Å². The lowest BCUT2D eigenvalue weighted by Gasteiger charge is -2.26. The molecule has 1 saturated heterocycles. The lowest BCUT2D eigenvalue weighted by molar-refractivity contribution is 0.316. The first-order valence-corrected chi connectivity index (χ1v) is 7.85. The molecular formula is C13H25NS.